The molecule has 170 valence electrons. The van der Waals surface area contributed by atoms with E-state index >= 15 is 0 Å². The maximum absolute atomic E-state index is 10.7. The largest absolute Gasteiger partial charge is 0.390 e. The Bertz CT molecular complexity index is 689. The van der Waals surface area contributed by atoms with Crippen molar-refractivity contribution in [1.29, 1.82) is 0 Å². The van der Waals surface area contributed by atoms with Crippen molar-refractivity contribution >= 4 is 0 Å². The van der Waals surface area contributed by atoms with Gasteiger partial charge in [-0.1, -0.05) is 38.0 Å². The van der Waals surface area contributed by atoms with E-state index in [4.69, 9.17) is 0 Å². The Morgan fingerprint density at radius 2 is 1.90 bits per heavy atom. The lowest BCUT2D eigenvalue weighted by atomic mass is 9.46. The number of aliphatic hydroxyl groups is 2. The van der Waals surface area contributed by atoms with Crippen LogP contribution in [0.4, 0.5) is 0 Å². The van der Waals surface area contributed by atoms with E-state index in [1.165, 1.54) is 38.5 Å². The number of hydrogen-bond acceptors (Lipinski definition) is 2. The highest BCUT2D eigenvalue weighted by Crippen LogP contribution is 2.67. The summed E-state index contributed by atoms with van der Waals surface area (Å²) >= 11 is 0. The standard InChI is InChI=1S/C28H46O2/c1-6-14-25(2,29)15-7-8-20-10-12-23-22-11-9-21-19-26(3,30)17-18-28(21,5)24(22)13-16-27(20,23)4/h6,9,20,22-24,29-30H,1,7-8,10-19H2,2-5H3/t20-,22-,23-,24-,25+,26-,27+,28-/m0/s1. The van der Waals surface area contributed by atoms with Crippen molar-refractivity contribution in [1.82, 2.24) is 0 Å². The van der Waals surface area contributed by atoms with E-state index in [0.29, 0.717) is 17.3 Å². The van der Waals surface area contributed by atoms with Crippen LogP contribution in [0, 0.1) is 34.5 Å². The van der Waals surface area contributed by atoms with Crippen LogP contribution in [0.3, 0.4) is 0 Å². The lowest BCUT2D eigenvalue weighted by Crippen LogP contribution is -2.51. The molecule has 3 saturated carbocycles. The fourth-order valence-electron chi connectivity index (χ4n) is 8.53. The first-order chi connectivity index (χ1) is 14.0. The molecule has 0 amide bonds. The molecule has 0 aromatic rings. The molecule has 0 saturated heterocycles. The van der Waals surface area contributed by atoms with E-state index in [9.17, 15) is 10.2 Å². The molecule has 4 aliphatic carbocycles. The molecule has 0 spiro atoms. The fourth-order valence-corrected chi connectivity index (χ4v) is 8.53. The van der Waals surface area contributed by atoms with Gasteiger partial charge in [-0.25, -0.2) is 0 Å². The van der Waals surface area contributed by atoms with Gasteiger partial charge in [0.1, 0.15) is 0 Å². The summed E-state index contributed by atoms with van der Waals surface area (Å²) in [4.78, 5) is 0. The van der Waals surface area contributed by atoms with Gasteiger partial charge in [-0.15, -0.1) is 6.58 Å². The maximum atomic E-state index is 10.7. The molecule has 8 atom stereocenters. The van der Waals surface area contributed by atoms with E-state index in [1.54, 1.807) is 5.57 Å². The molecule has 0 heterocycles. The molecule has 0 aliphatic heterocycles. The summed E-state index contributed by atoms with van der Waals surface area (Å²) in [5.74, 6) is 3.36. The van der Waals surface area contributed by atoms with Gasteiger partial charge in [0, 0.05) is 0 Å². The molecule has 30 heavy (non-hydrogen) atoms. The van der Waals surface area contributed by atoms with Crippen LogP contribution in [-0.4, -0.2) is 21.4 Å². The first-order valence-electron chi connectivity index (χ1n) is 12.8. The second-order valence-electron chi connectivity index (χ2n) is 12.6. The van der Waals surface area contributed by atoms with E-state index in [-0.39, 0.29) is 0 Å². The normalized spacial score (nSPS) is 47.5. The summed E-state index contributed by atoms with van der Waals surface area (Å²) in [6.07, 6.45) is 18.2. The third-order valence-corrected chi connectivity index (χ3v) is 10.4. The van der Waals surface area contributed by atoms with Crippen LogP contribution in [0.5, 0.6) is 0 Å². The predicted molar refractivity (Wildman–Crippen MR) is 125 cm³/mol. The summed E-state index contributed by atoms with van der Waals surface area (Å²) in [5, 5.41) is 21.2. The van der Waals surface area contributed by atoms with Crippen molar-refractivity contribution in [3.63, 3.8) is 0 Å². The molecular formula is C28H46O2. The minimum atomic E-state index is -0.584. The minimum absolute atomic E-state index is 0.327. The Morgan fingerprint density at radius 3 is 2.63 bits per heavy atom. The monoisotopic (exact) mass is 414 g/mol. The quantitative estimate of drug-likeness (QED) is 0.468. The summed E-state index contributed by atoms with van der Waals surface area (Å²) in [6.45, 7) is 12.9. The van der Waals surface area contributed by atoms with Gasteiger partial charge in [-0.2, -0.15) is 0 Å². The van der Waals surface area contributed by atoms with Crippen LogP contribution in [0.15, 0.2) is 24.3 Å². The van der Waals surface area contributed by atoms with Gasteiger partial charge in [0.25, 0.3) is 0 Å². The smallest absolute Gasteiger partial charge is 0.0657 e. The van der Waals surface area contributed by atoms with Crippen molar-refractivity contribution in [2.75, 3.05) is 0 Å². The fraction of sp³-hybridized carbons (Fsp3) is 0.857. The van der Waals surface area contributed by atoms with Gasteiger partial charge in [-0.05, 0) is 119 Å². The lowest BCUT2D eigenvalue weighted by Gasteiger charge is -2.59. The van der Waals surface area contributed by atoms with Crippen molar-refractivity contribution < 1.29 is 10.2 Å². The first kappa shape index (κ1) is 22.6. The average Bonchev–Trinajstić information content (AvgIpc) is 2.99. The van der Waals surface area contributed by atoms with Crippen LogP contribution in [0.1, 0.15) is 105 Å². The highest BCUT2D eigenvalue weighted by molar-refractivity contribution is 5.26. The van der Waals surface area contributed by atoms with E-state index in [1.807, 2.05) is 19.9 Å². The molecule has 2 heteroatoms. The van der Waals surface area contributed by atoms with Gasteiger partial charge in [-0.3, -0.25) is 0 Å². The molecule has 3 fully saturated rings. The molecule has 0 aromatic heterocycles. The molecular weight excluding hydrogens is 368 g/mol. The van der Waals surface area contributed by atoms with E-state index < -0.39 is 11.2 Å². The second-order valence-corrected chi connectivity index (χ2v) is 12.6. The van der Waals surface area contributed by atoms with E-state index in [0.717, 1.165) is 55.8 Å². The Kier molecular flexibility index (Phi) is 5.85. The zero-order chi connectivity index (χ0) is 21.8. The highest BCUT2D eigenvalue weighted by Gasteiger charge is 2.58. The molecule has 0 bridgehead atoms. The van der Waals surface area contributed by atoms with Gasteiger partial charge in [0.15, 0.2) is 0 Å². The van der Waals surface area contributed by atoms with Crippen molar-refractivity contribution in [2.45, 2.75) is 116 Å². The average molecular weight is 415 g/mol. The summed E-state index contributed by atoms with van der Waals surface area (Å²) in [7, 11) is 0. The molecule has 4 aliphatic rings. The Labute approximate surface area is 185 Å². The Morgan fingerprint density at radius 1 is 1.13 bits per heavy atom. The SMILES string of the molecule is C=CC[C@@](C)(O)CCC[C@H]1CC[C@H]2[C@@H]3CC=C4C[C@@](C)(O)CC[C@]4(C)[C@H]3CC[C@]12C. The number of rotatable bonds is 6. The minimum Gasteiger partial charge on any atom is -0.390 e. The summed E-state index contributed by atoms with van der Waals surface area (Å²) in [6, 6.07) is 0. The third-order valence-electron chi connectivity index (χ3n) is 10.4. The summed E-state index contributed by atoms with van der Waals surface area (Å²) in [5.41, 5.74) is 1.32. The number of hydrogen-bond donors (Lipinski definition) is 2. The zero-order valence-corrected chi connectivity index (χ0v) is 20.1. The third kappa shape index (κ3) is 3.85. The Hall–Kier alpha value is -0.600. The molecule has 2 nitrogen and oxygen atoms in total. The van der Waals surface area contributed by atoms with Crippen molar-refractivity contribution in [2.24, 2.45) is 34.5 Å². The highest BCUT2D eigenvalue weighted by atomic mass is 16.3. The van der Waals surface area contributed by atoms with Crippen LogP contribution < -0.4 is 0 Å². The maximum Gasteiger partial charge on any atom is 0.0657 e. The van der Waals surface area contributed by atoms with Crippen LogP contribution in [0.2, 0.25) is 0 Å². The van der Waals surface area contributed by atoms with Gasteiger partial charge < -0.3 is 10.2 Å². The number of allylic oxidation sites excluding steroid dienone is 1. The first-order valence-corrected chi connectivity index (χ1v) is 12.8. The van der Waals surface area contributed by atoms with Crippen molar-refractivity contribution in [3.8, 4) is 0 Å². The summed E-state index contributed by atoms with van der Waals surface area (Å²) < 4.78 is 0. The molecule has 2 N–H and O–H groups in total. The van der Waals surface area contributed by atoms with E-state index in [2.05, 4.69) is 26.5 Å². The van der Waals surface area contributed by atoms with Crippen LogP contribution in [-0.2, 0) is 0 Å². The van der Waals surface area contributed by atoms with Gasteiger partial charge in [0.2, 0.25) is 0 Å². The topological polar surface area (TPSA) is 40.5 Å². The number of fused-ring (bicyclic) bond motifs is 5. The lowest BCUT2D eigenvalue weighted by molar-refractivity contribution is -0.0665. The molecule has 0 aromatic carbocycles. The van der Waals surface area contributed by atoms with Gasteiger partial charge in [0.05, 0.1) is 11.2 Å². The van der Waals surface area contributed by atoms with Gasteiger partial charge >= 0.3 is 0 Å². The van der Waals surface area contributed by atoms with Crippen molar-refractivity contribution in [3.05, 3.63) is 24.3 Å². The molecule has 0 radical (unpaired) electrons. The van der Waals surface area contributed by atoms with Crippen LogP contribution in [0.25, 0.3) is 0 Å². The second kappa shape index (κ2) is 7.77. The van der Waals surface area contributed by atoms with Crippen LogP contribution >= 0.6 is 0 Å². The zero-order valence-electron chi connectivity index (χ0n) is 20.1. The Balaban J connectivity index is 1.45. The molecule has 0 unspecified atom stereocenters. The predicted octanol–water partition coefficient (Wildman–Crippen LogP) is 6.81. The molecule has 4 rings (SSSR count).